The lowest BCUT2D eigenvalue weighted by molar-refractivity contribution is -0.129. The molecular formula is C23H27N3O2. The summed E-state index contributed by atoms with van der Waals surface area (Å²) >= 11 is 0. The maximum atomic E-state index is 12.8. The highest BCUT2D eigenvalue weighted by Crippen LogP contribution is 2.52. The molecule has 2 heterocycles. The Morgan fingerprint density at radius 1 is 1.14 bits per heavy atom. The molecule has 0 radical (unpaired) electrons. The van der Waals surface area contributed by atoms with Crippen LogP contribution in [0.5, 0.6) is 0 Å². The predicted octanol–water partition coefficient (Wildman–Crippen LogP) is 3.22. The number of amides is 2. The fraction of sp³-hybridized carbons (Fsp3) is 0.435. The predicted molar refractivity (Wildman–Crippen MR) is 108 cm³/mol. The third-order valence-corrected chi connectivity index (χ3v) is 6.45. The zero-order valence-electron chi connectivity index (χ0n) is 16.6. The first-order chi connectivity index (χ1) is 13.5. The summed E-state index contributed by atoms with van der Waals surface area (Å²) in [6.45, 7) is 1.49. The molecule has 2 aromatic rings. The summed E-state index contributed by atoms with van der Waals surface area (Å²) in [4.78, 5) is 32.8. The summed E-state index contributed by atoms with van der Waals surface area (Å²) in [5.74, 6) is 0.515. The van der Waals surface area contributed by atoms with Gasteiger partial charge in [-0.3, -0.25) is 14.6 Å². The highest BCUT2D eigenvalue weighted by atomic mass is 16.2. The topological polar surface area (TPSA) is 53.5 Å². The van der Waals surface area contributed by atoms with Gasteiger partial charge in [-0.15, -0.1) is 0 Å². The number of nitrogens with zero attached hydrogens (tertiary/aromatic N) is 3. The van der Waals surface area contributed by atoms with Gasteiger partial charge in [-0.1, -0.05) is 24.3 Å². The molecule has 2 aliphatic rings. The number of rotatable bonds is 3. The quantitative estimate of drug-likeness (QED) is 0.825. The summed E-state index contributed by atoms with van der Waals surface area (Å²) in [5.41, 5.74) is 3.45. The Kier molecular flexibility index (Phi) is 4.92. The molecule has 1 aromatic heterocycles. The van der Waals surface area contributed by atoms with Crippen molar-refractivity contribution in [3.63, 3.8) is 0 Å². The Bertz CT molecular complexity index is 870. The number of hydrogen-bond donors (Lipinski definition) is 0. The lowest BCUT2D eigenvalue weighted by Crippen LogP contribution is -2.44. The van der Waals surface area contributed by atoms with Gasteiger partial charge in [0, 0.05) is 46.0 Å². The highest BCUT2D eigenvalue weighted by molar-refractivity contribution is 5.94. The monoisotopic (exact) mass is 377 g/mol. The summed E-state index contributed by atoms with van der Waals surface area (Å²) in [7, 11) is 3.64. The molecule has 5 heteroatoms. The van der Waals surface area contributed by atoms with Crippen LogP contribution in [0.25, 0.3) is 0 Å². The van der Waals surface area contributed by atoms with Crippen LogP contribution >= 0.6 is 0 Å². The van der Waals surface area contributed by atoms with E-state index in [2.05, 4.69) is 29.2 Å². The molecule has 4 rings (SSSR count). The second kappa shape index (κ2) is 7.38. The number of carbonyl (C=O) groups is 2. The minimum absolute atomic E-state index is 0.0635. The van der Waals surface area contributed by atoms with Crippen LogP contribution in [0.2, 0.25) is 0 Å². The van der Waals surface area contributed by atoms with Gasteiger partial charge in [-0.2, -0.15) is 0 Å². The summed E-state index contributed by atoms with van der Waals surface area (Å²) in [5, 5.41) is 0. The third kappa shape index (κ3) is 3.30. The van der Waals surface area contributed by atoms with E-state index in [4.69, 9.17) is 0 Å². The SMILES string of the molecule is CN(C)C(=O)C[C@H]1CC2(CCN(C(=O)c3cccnc3)CC2)c2ccccc21. The van der Waals surface area contributed by atoms with Gasteiger partial charge in [0.05, 0.1) is 5.56 Å². The van der Waals surface area contributed by atoms with Crippen molar-refractivity contribution >= 4 is 11.8 Å². The Labute approximate surface area is 166 Å². The van der Waals surface area contributed by atoms with Crippen molar-refractivity contribution in [2.45, 2.75) is 37.0 Å². The molecule has 1 aliphatic carbocycles. The van der Waals surface area contributed by atoms with Crippen molar-refractivity contribution in [1.29, 1.82) is 0 Å². The normalized spacial score (nSPS) is 20.1. The smallest absolute Gasteiger partial charge is 0.255 e. The highest BCUT2D eigenvalue weighted by Gasteiger charge is 2.46. The average molecular weight is 377 g/mol. The largest absolute Gasteiger partial charge is 0.349 e. The molecule has 1 spiro atoms. The summed E-state index contributed by atoms with van der Waals surface area (Å²) in [6, 6.07) is 12.2. The van der Waals surface area contributed by atoms with Crippen LogP contribution in [0.15, 0.2) is 48.8 Å². The molecule has 1 saturated heterocycles. The van der Waals surface area contributed by atoms with Crippen molar-refractivity contribution in [2.75, 3.05) is 27.2 Å². The van der Waals surface area contributed by atoms with E-state index >= 15 is 0 Å². The molecule has 1 aliphatic heterocycles. The Morgan fingerprint density at radius 3 is 2.57 bits per heavy atom. The maximum Gasteiger partial charge on any atom is 0.255 e. The molecule has 28 heavy (non-hydrogen) atoms. The molecule has 0 bridgehead atoms. The summed E-state index contributed by atoms with van der Waals surface area (Å²) in [6.07, 6.45) is 6.78. The Hall–Kier alpha value is -2.69. The van der Waals surface area contributed by atoms with Crippen LogP contribution in [0.1, 0.15) is 53.1 Å². The van der Waals surface area contributed by atoms with Crippen molar-refractivity contribution in [2.24, 2.45) is 0 Å². The molecule has 0 saturated carbocycles. The molecule has 2 amide bonds. The second-order valence-electron chi connectivity index (χ2n) is 8.29. The summed E-state index contributed by atoms with van der Waals surface area (Å²) < 4.78 is 0. The Balaban J connectivity index is 1.52. The third-order valence-electron chi connectivity index (χ3n) is 6.45. The van der Waals surface area contributed by atoms with Crippen molar-refractivity contribution < 1.29 is 9.59 Å². The van der Waals surface area contributed by atoms with E-state index < -0.39 is 0 Å². The number of carbonyl (C=O) groups excluding carboxylic acids is 2. The van der Waals surface area contributed by atoms with Crippen LogP contribution < -0.4 is 0 Å². The van der Waals surface area contributed by atoms with Gasteiger partial charge in [-0.05, 0) is 53.9 Å². The Morgan fingerprint density at radius 2 is 1.89 bits per heavy atom. The fourth-order valence-corrected chi connectivity index (χ4v) is 4.89. The lowest BCUT2D eigenvalue weighted by Gasteiger charge is -2.40. The van der Waals surface area contributed by atoms with Gasteiger partial charge in [0.1, 0.15) is 0 Å². The average Bonchev–Trinajstić information content (AvgIpc) is 3.02. The lowest BCUT2D eigenvalue weighted by atomic mass is 9.73. The first-order valence-corrected chi connectivity index (χ1v) is 9.99. The van der Waals surface area contributed by atoms with Gasteiger partial charge in [0.25, 0.3) is 5.91 Å². The van der Waals surface area contributed by atoms with Gasteiger partial charge in [0.15, 0.2) is 0 Å². The van der Waals surface area contributed by atoms with Crippen LogP contribution in [-0.2, 0) is 10.2 Å². The minimum Gasteiger partial charge on any atom is -0.349 e. The van der Waals surface area contributed by atoms with Crippen LogP contribution in [0.4, 0.5) is 0 Å². The van der Waals surface area contributed by atoms with E-state index in [0.717, 1.165) is 32.4 Å². The molecule has 1 aromatic carbocycles. The van der Waals surface area contributed by atoms with Gasteiger partial charge in [-0.25, -0.2) is 0 Å². The molecule has 146 valence electrons. The van der Waals surface area contributed by atoms with E-state index in [1.165, 1.54) is 11.1 Å². The maximum absolute atomic E-state index is 12.8. The van der Waals surface area contributed by atoms with Gasteiger partial charge < -0.3 is 9.80 Å². The van der Waals surface area contributed by atoms with Crippen LogP contribution in [0, 0.1) is 0 Å². The van der Waals surface area contributed by atoms with Gasteiger partial charge in [0.2, 0.25) is 5.91 Å². The fourth-order valence-electron chi connectivity index (χ4n) is 4.89. The first kappa shape index (κ1) is 18.7. The van der Waals surface area contributed by atoms with Crippen LogP contribution in [-0.4, -0.2) is 53.8 Å². The van der Waals surface area contributed by atoms with E-state index in [9.17, 15) is 9.59 Å². The van der Waals surface area contributed by atoms with E-state index in [0.29, 0.717) is 12.0 Å². The number of aromatic nitrogens is 1. The molecule has 0 N–H and O–H groups in total. The van der Waals surface area contributed by atoms with Crippen molar-refractivity contribution in [1.82, 2.24) is 14.8 Å². The number of piperidine rings is 1. The molecule has 1 fully saturated rings. The molecular weight excluding hydrogens is 350 g/mol. The van der Waals surface area contributed by atoms with E-state index in [-0.39, 0.29) is 23.1 Å². The molecule has 0 unspecified atom stereocenters. The number of likely N-dealkylation sites (tertiary alicyclic amines) is 1. The number of hydrogen-bond acceptors (Lipinski definition) is 3. The standard InChI is InChI=1S/C23H27N3O2/c1-25(2)21(27)14-18-15-23(20-8-4-3-7-19(18)20)9-12-26(13-10-23)22(28)17-6-5-11-24-16-17/h3-8,11,16,18H,9-10,12-15H2,1-2H3/t18-/m0/s1. The van der Waals surface area contributed by atoms with Crippen LogP contribution in [0.3, 0.4) is 0 Å². The number of pyridine rings is 1. The van der Waals surface area contributed by atoms with Crippen molar-refractivity contribution in [3.8, 4) is 0 Å². The molecule has 1 atom stereocenters. The van der Waals surface area contributed by atoms with E-state index in [1.54, 1.807) is 23.4 Å². The molecule has 5 nitrogen and oxygen atoms in total. The van der Waals surface area contributed by atoms with Crippen molar-refractivity contribution in [3.05, 3.63) is 65.5 Å². The zero-order chi connectivity index (χ0) is 19.7. The second-order valence-corrected chi connectivity index (χ2v) is 8.29. The van der Waals surface area contributed by atoms with Gasteiger partial charge >= 0.3 is 0 Å². The van der Waals surface area contributed by atoms with E-state index in [1.807, 2.05) is 25.1 Å². The number of benzene rings is 1. The first-order valence-electron chi connectivity index (χ1n) is 9.99. The minimum atomic E-state index is 0.0635. The zero-order valence-corrected chi connectivity index (χ0v) is 16.6. The number of fused-ring (bicyclic) bond motifs is 2.